The number of carbonyl (C=O) groups is 4. The number of carbonyl (C=O) groups excluding carboxylic acids is 4. The van der Waals surface area contributed by atoms with E-state index in [-0.39, 0.29) is 79.4 Å². The van der Waals surface area contributed by atoms with Crippen molar-refractivity contribution in [2.75, 3.05) is 35.0 Å². The molecule has 4 fully saturated rings. The van der Waals surface area contributed by atoms with Crippen LogP contribution in [0.1, 0.15) is 145 Å². The van der Waals surface area contributed by atoms with Gasteiger partial charge in [0.15, 0.2) is 24.0 Å². The van der Waals surface area contributed by atoms with E-state index >= 15 is 0 Å². The van der Waals surface area contributed by atoms with Crippen LogP contribution in [0, 0.1) is 35.5 Å². The molecule has 74 heavy (non-hydrogen) atoms. The van der Waals surface area contributed by atoms with Gasteiger partial charge in [-0.15, -0.1) is 0 Å². The van der Waals surface area contributed by atoms with E-state index in [1.54, 1.807) is 48.2 Å². The van der Waals surface area contributed by atoms with Crippen LogP contribution in [-0.2, 0) is 57.1 Å². The Morgan fingerprint density at radius 2 is 1.53 bits per heavy atom. The molecule has 0 aromatic carbocycles. The minimum atomic E-state index is -2.24. The fourth-order valence-corrected chi connectivity index (χ4v) is 11.9. The first-order valence-electron chi connectivity index (χ1n) is 27.6. The number of fused-ring (bicyclic) bond motifs is 3. The summed E-state index contributed by atoms with van der Waals surface area (Å²) < 4.78 is 48.3. The molecule has 1 aliphatic carbocycles. The van der Waals surface area contributed by atoms with Crippen LogP contribution in [-0.4, -0.2) is 158 Å². The van der Waals surface area contributed by atoms with E-state index in [0.717, 1.165) is 31.3 Å². The average Bonchev–Trinajstić information content (AvgIpc) is 3.38. The zero-order valence-corrected chi connectivity index (χ0v) is 46.7. The number of cyclic esters (lactones) is 1. The summed E-state index contributed by atoms with van der Waals surface area (Å²) in [5.41, 5.74) is 1.24. The Hall–Kier alpha value is -3.16. The van der Waals surface area contributed by atoms with Gasteiger partial charge in [-0.2, -0.15) is 0 Å². The molecule has 16 nitrogen and oxygen atoms in total. The minimum absolute atomic E-state index is 0.0246. The first-order chi connectivity index (χ1) is 35.1. The molecule has 19 atom stereocenters. The molecule has 16 heteroatoms. The molecular weight excluding hydrogens is 951 g/mol. The SMILES string of the molecule is COC1CCC(OC2CCC(CC(C)C3CC(=O)/C(C)=C\C(C)C(O)C(OC)C(=O)C(C)CC(C)C=CC=CC=C(C)C(OC)CC4CCC(C)C(O)(O4)C(O)C(=O)N4CCCCC4C(=O)O3)CC2OC)C(C)O1. The van der Waals surface area contributed by atoms with Crippen LogP contribution in [0.4, 0.5) is 0 Å². The van der Waals surface area contributed by atoms with E-state index in [2.05, 4.69) is 0 Å². The van der Waals surface area contributed by atoms with E-state index in [9.17, 15) is 34.5 Å². The van der Waals surface area contributed by atoms with Crippen molar-refractivity contribution in [2.45, 2.75) is 224 Å². The molecule has 3 N–H and O–H groups in total. The highest BCUT2D eigenvalue weighted by Crippen LogP contribution is 2.40. The molecule has 5 rings (SSSR count). The predicted octanol–water partition coefficient (Wildman–Crippen LogP) is 7.54. The lowest BCUT2D eigenvalue weighted by Gasteiger charge is -2.46. The lowest BCUT2D eigenvalue weighted by molar-refractivity contribution is -0.317. The van der Waals surface area contributed by atoms with Gasteiger partial charge < -0.3 is 58.1 Å². The van der Waals surface area contributed by atoms with Crippen LogP contribution in [0.5, 0.6) is 0 Å². The van der Waals surface area contributed by atoms with Gasteiger partial charge in [-0.05, 0) is 120 Å². The van der Waals surface area contributed by atoms with Gasteiger partial charge in [0, 0.05) is 72.0 Å². The molecule has 420 valence electrons. The summed E-state index contributed by atoms with van der Waals surface area (Å²) in [6, 6.07) is -1.09. The standard InChI is InChI=1S/C58H93NO15/c1-34-18-14-13-15-19-35(2)48(67-9)32-43-23-21-40(7)58(66,74-43)55(63)56(64)59-27-17-16-20-44(59)57(65)73-49(33-45(60)36(3)29-39(6)53(62)54(70-12)52(61)38(5)28-34)37(4)30-42-22-24-47(50(31-42)68-10)72-46-25-26-51(69-11)71-41(46)8/h13-15,18-19,29,34,37-44,46-51,53-55,62-63,66H,16-17,20-28,30-33H2,1-12H3/b15-13?,18-14?,35-19?,36-29-. The zero-order chi connectivity index (χ0) is 54.4. The second kappa shape index (κ2) is 29.0. The highest BCUT2D eigenvalue weighted by Gasteiger charge is 2.53. The third-order valence-electron chi connectivity index (χ3n) is 16.8. The second-order valence-electron chi connectivity index (χ2n) is 22.5. The Morgan fingerprint density at radius 1 is 0.797 bits per heavy atom. The molecule has 19 unspecified atom stereocenters. The zero-order valence-electron chi connectivity index (χ0n) is 46.7. The van der Waals surface area contributed by atoms with E-state index in [1.807, 2.05) is 65.0 Å². The fraction of sp³-hybridized carbons (Fsp3) is 0.793. The summed E-state index contributed by atoms with van der Waals surface area (Å²) in [6.07, 6.45) is 11.8. The molecule has 1 amide bonds. The van der Waals surface area contributed by atoms with E-state index < -0.39 is 78.1 Å². The Morgan fingerprint density at radius 3 is 2.20 bits per heavy atom. The van der Waals surface area contributed by atoms with Crippen LogP contribution in [0.2, 0.25) is 0 Å². The number of nitrogens with zero attached hydrogens (tertiary/aromatic N) is 1. The minimum Gasteiger partial charge on any atom is -0.460 e. The summed E-state index contributed by atoms with van der Waals surface area (Å²) in [5, 5.41) is 35.6. The summed E-state index contributed by atoms with van der Waals surface area (Å²) >= 11 is 0. The van der Waals surface area contributed by atoms with Gasteiger partial charge in [0.2, 0.25) is 5.79 Å². The van der Waals surface area contributed by atoms with Crippen molar-refractivity contribution in [2.24, 2.45) is 35.5 Å². The summed E-state index contributed by atoms with van der Waals surface area (Å²) in [6.45, 7) is 15.0. The quantitative estimate of drug-likeness (QED) is 0.191. The molecule has 2 bridgehead atoms. The monoisotopic (exact) mass is 1040 g/mol. The smallest absolute Gasteiger partial charge is 0.329 e. The maximum Gasteiger partial charge on any atom is 0.329 e. The number of esters is 1. The molecular formula is C58H93NO15. The van der Waals surface area contributed by atoms with Gasteiger partial charge in [0.05, 0.1) is 42.7 Å². The second-order valence-corrected chi connectivity index (χ2v) is 22.5. The number of ether oxygens (including phenoxy) is 8. The summed E-state index contributed by atoms with van der Waals surface area (Å²) in [4.78, 5) is 58.6. The van der Waals surface area contributed by atoms with Gasteiger partial charge in [-0.25, -0.2) is 4.79 Å². The molecule has 0 spiro atoms. The van der Waals surface area contributed by atoms with E-state index in [1.165, 1.54) is 12.0 Å². The highest BCUT2D eigenvalue weighted by atomic mass is 16.7. The summed E-state index contributed by atoms with van der Waals surface area (Å²) in [5.74, 6) is -6.17. The molecule has 0 aromatic rings. The average molecular weight is 1040 g/mol. The van der Waals surface area contributed by atoms with Crippen molar-refractivity contribution in [3.05, 3.63) is 47.6 Å². The Labute approximate surface area is 441 Å². The van der Waals surface area contributed by atoms with Crippen molar-refractivity contribution in [3.63, 3.8) is 0 Å². The molecule has 4 aliphatic heterocycles. The third kappa shape index (κ3) is 16.2. The van der Waals surface area contributed by atoms with E-state index in [0.29, 0.717) is 56.9 Å². The number of ketones is 2. The van der Waals surface area contributed by atoms with Gasteiger partial charge in [-0.3, -0.25) is 14.4 Å². The first-order valence-corrected chi connectivity index (χ1v) is 27.6. The number of allylic oxidation sites excluding steroid dienone is 6. The number of rotatable bonds is 9. The number of piperidine rings is 1. The number of aliphatic hydroxyl groups excluding tert-OH is 2. The predicted molar refractivity (Wildman–Crippen MR) is 279 cm³/mol. The molecule has 0 aromatic heterocycles. The largest absolute Gasteiger partial charge is 0.460 e. The maximum absolute atomic E-state index is 14.6. The molecule has 3 saturated heterocycles. The van der Waals surface area contributed by atoms with Crippen LogP contribution in [0.3, 0.4) is 0 Å². The number of amides is 1. The van der Waals surface area contributed by atoms with Crippen molar-refractivity contribution in [1.29, 1.82) is 0 Å². The third-order valence-corrected chi connectivity index (χ3v) is 16.8. The molecule has 5 aliphatic rings. The van der Waals surface area contributed by atoms with Crippen molar-refractivity contribution >= 4 is 23.4 Å². The van der Waals surface area contributed by atoms with Gasteiger partial charge in [-0.1, -0.05) is 71.1 Å². The van der Waals surface area contributed by atoms with Crippen LogP contribution < -0.4 is 0 Å². The fourth-order valence-electron chi connectivity index (χ4n) is 11.9. The maximum atomic E-state index is 14.6. The van der Waals surface area contributed by atoms with E-state index in [4.69, 9.17) is 37.9 Å². The lowest BCUT2D eigenvalue weighted by atomic mass is 9.78. The number of aliphatic hydroxyl groups is 3. The van der Waals surface area contributed by atoms with Gasteiger partial charge in [0.25, 0.3) is 5.91 Å². The highest BCUT2D eigenvalue weighted by molar-refractivity contribution is 5.95. The number of methoxy groups -OCH3 is 4. The van der Waals surface area contributed by atoms with Crippen LogP contribution in [0.15, 0.2) is 47.6 Å². The Kier molecular flexibility index (Phi) is 24.2. The topological polar surface area (TPSA) is 206 Å². The number of Topliss-reactive ketones (excluding diaryl/α,β-unsaturated/α-hetero) is 2. The number of hydrogen-bond donors (Lipinski definition) is 3. The number of hydrogen-bond acceptors (Lipinski definition) is 15. The Bertz CT molecular complexity index is 1950. The normalized spacial score (nSPS) is 40.6. The van der Waals surface area contributed by atoms with Gasteiger partial charge >= 0.3 is 5.97 Å². The lowest BCUT2D eigenvalue weighted by Crippen LogP contribution is -2.63. The molecule has 0 radical (unpaired) electrons. The van der Waals surface area contributed by atoms with Crippen molar-refractivity contribution in [1.82, 2.24) is 4.90 Å². The van der Waals surface area contributed by atoms with Crippen molar-refractivity contribution < 1.29 is 72.4 Å². The molecule has 4 heterocycles. The van der Waals surface area contributed by atoms with Gasteiger partial charge in [0.1, 0.15) is 18.2 Å². The first kappa shape index (κ1) is 61.7. The van der Waals surface area contributed by atoms with Crippen molar-refractivity contribution in [3.8, 4) is 0 Å². The Balaban J connectivity index is 1.43. The molecule has 1 saturated carbocycles. The summed E-state index contributed by atoms with van der Waals surface area (Å²) in [7, 11) is 6.33. The van der Waals surface area contributed by atoms with Crippen LogP contribution >= 0.6 is 0 Å². The van der Waals surface area contributed by atoms with Crippen LogP contribution in [0.25, 0.3) is 0 Å².